The van der Waals surface area contributed by atoms with Crippen molar-refractivity contribution in [2.75, 3.05) is 19.4 Å². The van der Waals surface area contributed by atoms with E-state index in [9.17, 15) is 4.79 Å². The Labute approximate surface area is 93.1 Å². The van der Waals surface area contributed by atoms with E-state index in [2.05, 4.69) is 5.32 Å². The minimum atomic E-state index is -0.285. The smallest absolute Gasteiger partial charge is 0.321 e. The number of carbonyl (C=O) groups is 1. The van der Waals surface area contributed by atoms with Crippen molar-refractivity contribution >= 4 is 23.3 Å². The minimum absolute atomic E-state index is 0.285. The van der Waals surface area contributed by atoms with Crippen LogP contribution in [-0.4, -0.2) is 25.0 Å². The van der Waals surface area contributed by atoms with Gasteiger partial charge in [-0.2, -0.15) is 5.26 Å². The van der Waals surface area contributed by atoms with Gasteiger partial charge in [0.05, 0.1) is 22.3 Å². The van der Waals surface area contributed by atoms with Gasteiger partial charge in [-0.05, 0) is 18.2 Å². The molecule has 1 aromatic rings. The summed E-state index contributed by atoms with van der Waals surface area (Å²) in [7, 11) is 3.24. The first-order chi connectivity index (χ1) is 7.04. The Morgan fingerprint density at radius 1 is 1.53 bits per heavy atom. The van der Waals surface area contributed by atoms with E-state index in [0.717, 1.165) is 0 Å². The maximum Gasteiger partial charge on any atom is 0.321 e. The molecule has 0 bridgehead atoms. The van der Waals surface area contributed by atoms with Crippen LogP contribution in [-0.2, 0) is 0 Å². The number of anilines is 1. The van der Waals surface area contributed by atoms with Gasteiger partial charge in [-0.15, -0.1) is 0 Å². The predicted molar refractivity (Wildman–Crippen MR) is 58.9 cm³/mol. The van der Waals surface area contributed by atoms with Crippen LogP contribution in [0.25, 0.3) is 0 Å². The average Bonchev–Trinajstić information content (AvgIpc) is 2.21. The van der Waals surface area contributed by atoms with Crippen LogP contribution in [0.1, 0.15) is 5.56 Å². The fourth-order valence-corrected chi connectivity index (χ4v) is 1.08. The summed E-state index contributed by atoms with van der Waals surface area (Å²) in [6.07, 6.45) is 0. The Balaban J connectivity index is 2.94. The Hall–Kier alpha value is -1.73. The van der Waals surface area contributed by atoms with Crippen molar-refractivity contribution < 1.29 is 4.79 Å². The van der Waals surface area contributed by atoms with Gasteiger partial charge < -0.3 is 10.2 Å². The number of amides is 2. The summed E-state index contributed by atoms with van der Waals surface area (Å²) in [5, 5.41) is 11.7. The molecule has 1 N–H and O–H groups in total. The molecule has 0 spiro atoms. The third kappa shape index (κ3) is 2.86. The fourth-order valence-electron chi connectivity index (χ4n) is 0.918. The summed E-state index contributed by atoms with van der Waals surface area (Å²) < 4.78 is 0. The van der Waals surface area contributed by atoms with Crippen LogP contribution in [0.2, 0.25) is 5.02 Å². The number of nitrogens with one attached hydrogen (secondary N) is 1. The standard InChI is InChI=1S/C10H10ClN3O/c1-14(2)10(15)13-9-5-7(6-12)3-4-8(9)11/h3-5H,1-2H3,(H,13,15). The van der Waals surface area contributed by atoms with E-state index in [0.29, 0.717) is 16.3 Å². The quantitative estimate of drug-likeness (QED) is 0.794. The van der Waals surface area contributed by atoms with Crippen molar-refractivity contribution in [2.24, 2.45) is 0 Å². The third-order valence-electron chi connectivity index (χ3n) is 1.74. The van der Waals surface area contributed by atoms with Crippen molar-refractivity contribution in [3.63, 3.8) is 0 Å². The number of rotatable bonds is 1. The molecule has 1 aromatic carbocycles. The normalized spacial score (nSPS) is 9.20. The highest BCUT2D eigenvalue weighted by molar-refractivity contribution is 6.33. The molecule has 0 aliphatic rings. The van der Waals surface area contributed by atoms with Gasteiger partial charge in [0.1, 0.15) is 0 Å². The first kappa shape index (κ1) is 11.3. The van der Waals surface area contributed by atoms with Crippen LogP contribution < -0.4 is 5.32 Å². The highest BCUT2D eigenvalue weighted by Crippen LogP contribution is 2.22. The van der Waals surface area contributed by atoms with Crippen LogP contribution in [0.4, 0.5) is 10.5 Å². The van der Waals surface area contributed by atoms with Crippen LogP contribution >= 0.6 is 11.6 Å². The number of carbonyl (C=O) groups excluding carboxylic acids is 1. The van der Waals surface area contributed by atoms with Gasteiger partial charge in [-0.1, -0.05) is 11.6 Å². The minimum Gasteiger partial charge on any atom is -0.331 e. The lowest BCUT2D eigenvalue weighted by atomic mass is 10.2. The Morgan fingerprint density at radius 3 is 2.73 bits per heavy atom. The lowest BCUT2D eigenvalue weighted by molar-refractivity contribution is 0.230. The molecule has 0 fully saturated rings. The molecule has 0 aliphatic heterocycles. The highest BCUT2D eigenvalue weighted by Gasteiger charge is 2.07. The number of hydrogen-bond acceptors (Lipinski definition) is 2. The topological polar surface area (TPSA) is 56.1 Å². The van der Waals surface area contributed by atoms with Crippen molar-refractivity contribution in [3.8, 4) is 6.07 Å². The van der Waals surface area contributed by atoms with Gasteiger partial charge >= 0.3 is 6.03 Å². The van der Waals surface area contributed by atoms with E-state index in [1.165, 1.54) is 11.0 Å². The maximum atomic E-state index is 11.3. The molecule has 78 valence electrons. The number of nitriles is 1. The monoisotopic (exact) mass is 223 g/mol. The molecule has 0 saturated carbocycles. The lowest BCUT2D eigenvalue weighted by Crippen LogP contribution is -2.27. The Bertz CT molecular complexity index is 423. The van der Waals surface area contributed by atoms with E-state index in [1.807, 2.05) is 6.07 Å². The molecule has 0 unspecified atom stereocenters. The average molecular weight is 224 g/mol. The van der Waals surface area contributed by atoms with Gasteiger partial charge in [0.2, 0.25) is 0 Å². The second-order valence-corrected chi connectivity index (χ2v) is 3.54. The van der Waals surface area contributed by atoms with E-state index in [-0.39, 0.29) is 6.03 Å². The maximum absolute atomic E-state index is 11.3. The van der Waals surface area contributed by atoms with Crippen molar-refractivity contribution in [1.82, 2.24) is 4.90 Å². The fraction of sp³-hybridized carbons (Fsp3) is 0.200. The van der Waals surface area contributed by atoms with Crippen LogP contribution in [0.3, 0.4) is 0 Å². The number of halogens is 1. The molecular formula is C10H10ClN3O. The second-order valence-electron chi connectivity index (χ2n) is 3.13. The Kier molecular flexibility index (Phi) is 3.53. The zero-order valence-corrected chi connectivity index (χ0v) is 9.17. The predicted octanol–water partition coefficient (Wildman–Crippen LogP) is 2.31. The largest absolute Gasteiger partial charge is 0.331 e. The molecule has 2 amide bonds. The van der Waals surface area contributed by atoms with E-state index in [4.69, 9.17) is 16.9 Å². The van der Waals surface area contributed by atoms with Gasteiger partial charge in [0, 0.05) is 14.1 Å². The van der Waals surface area contributed by atoms with E-state index < -0.39 is 0 Å². The summed E-state index contributed by atoms with van der Waals surface area (Å²) in [5.74, 6) is 0. The van der Waals surface area contributed by atoms with Crippen LogP contribution in [0, 0.1) is 11.3 Å². The van der Waals surface area contributed by atoms with E-state index >= 15 is 0 Å². The summed E-state index contributed by atoms with van der Waals surface area (Å²) in [4.78, 5) is 12.7. The highest BCUT2D eigenvalue weighted by atomic mass is 35.5. The zero-order valence-electron chi connectivity index (χ0n) is 8.41. The van der Waals surface area contributed by atoms with Gasteiger partial charge in [-0.25, -0.2) is 4.79 Å². The SMILES string of the molecule is CN(C)C(=O)Nc1cc(C#N)ccc1Cl. The number of nitrogens with zero attached hydrogens (tertiary/aromatic N) is 2. The second kappa shape index (κ2) is 4.67. The molecule has 15 heavy (non-hydrogen) atoms. The first-order valence-electron chi connectivity index (χ1n) is 4.22. The van der Waals surface area contributed by atoms with Gasteiger partial charge in [0.25, 0.3) is 0 Å². The van der Waals surface area contributed by atoms with Crippen LogP contribution in [0.5, 0.6) is 0 Å². The van der Waals surface area contributed by atoms with Gasteiger partial charge in [-0.3, -0.25) is 0 Å². The molecular weight excluding hydrogens is 214 g/mol. The molecule has 0 heterocycles. The van der Waals surface area contributed by atoms with E-state index in [1.54, 1.807) is 26.2 Å². The summed E-state index contributed by atoms with van der Waals surface area (Å²) in [6.45, 7) is 0. The Morgan fingerprint density at radius 2 is 2.20 bits per heavy atom. The lowest BCUT2D eigenvalue weighted by Gasteiger charge is -2.12. The third-order valence-corrected chi connectivity index (χ3v) is 2.07. The molecule has 0 saturated heterocycles. The molecule has 1 rings (SSSR count). The summed E-state index contributed by atoms with van der Waals surface area (Å²) in [6, 6.07) is 6.39. The van der Waals surface area contributed by atoms with Crippen molar-refractivity contribution in [2.45, 2.75) is 0 Å². The molecule has 0 aromatic heterocycles. The number of benzene rings is 1. The van der Waals surface area contributed by atoms with Crippen molar-refractivity contribution in [1.29, 1.82) is 5.26 Å². The molecule has 5 heteroatoms. The summed E-state index contributed by atoms with van der Waals surface area (Å²) in [5.41, 5.74) is 0.892. The number of urea groups is 1. The first-order valence-corrected chi connectivity index (χ1v) is 4.60. The summed E-state index contributed by atoms with van der Waals surface area (Å²) >= 11 is 5.86. The molecule has 0 radical (unpaired) electrons. The molecule has 0 aliphatic carbocycles. The molecule has 0 atom stereocenters. The van der Waals surface area contributed by atoms with Gasteiger partial charge in [0.15, 0.2) is 0 Å². The number of hydrogen-bond donors (Lipinski definition) is 1. The van der Waals surface area contributed by atoms with Crippen LogP contribution in [0.15, 0.2) is 18.2 Å². The van der Waals surface area contributed by atoms with Crippen molar-refractivity contribution in [3.05, 3.63) is 28.8 Å². The zero-order chi connectivity index (χ0) is 11.4. The molecule has 4 nitrogen and oxygen atoms in total.